The number of thiophene rings is 1. The molecule has 2 aliphatic rings. The van der Waals surface area contributed by atoms with E-state index in [1.54, 1.807) is 6.07 Å². The molecule has 1 aromatic carbocycles. The van der Waals surface area contributed by atoms with Crippen LogP contribution in [0.3, 0.4) is 0 Å². The number of nitrogens with zero attached hydrogens (tertiary/aromatic N) is 2. The Hall–Kier alpha value is -2.21. The number of aryl methyl sites for hydroxylation is 2. The molecule has 3 aromatic rings. The SMILES string of the molecule is Cc1c(C(=O)N(C2CC2)C2CCc3[nH]ncc3C2)sc2cccc(F)c12. The van der Waals surface area contributed by atoms with Gasteiger partial charge in [0.25, 0.3) is 5.91 Å². The van der Waals surface area contributed by atoms with Gasteiger partial charge >= 0.3 is 0 Å². The predicted octanol–water partition coefficient (Wildman–Crippen LogP) is 4.23. The zero-order chi connectivity index (χ0) is 17.8. The predicted molar refractivity (Wildman–Crippen MR) is 100 cm³/mol. The molecule has 0 saturated heterocycles. The molecule has 5 rings (SSSR count). The second kappa shape index (κ2) is 5.91. The van der Waals surface area contributed by atoms with Crippen molar-refractivity contribution in [2.75, 3.05) is 0 Å². The Morgan fingerprint density at radius 1 is 1.31 bits per heavy atom. The molecule has 0 bridgehead atoms. The summed E-state index contributed by atoms with van der Waals surface area (Å²) in [4.78, 5) is 16.2. The maximum absolute atomic E-state index is 14.3. The summed E-state index contributed by atoms with van der Waals surface area (Å²) < 4.78 is 15.1. The van der Waals surface area contributed by atoms with Crippen LogP contribution in [-0.2, 0) is 12.8 Å². The molecule has 0 radical (unpaired) electrons. The first-order chi connectivity index (χ1) is 12.6. The fourth-order valence-electron chi connectivity index (χ4n) is 4.19. The lowest BCUT2D eigenvalue weighted by atomic mass is 9.92. The van der Waals surface area contributed by atoms with E-state index >= 15 is 0 Å². The van der Waals surface area contributed by atoms with Gasteiger partial charge in [0.05, 0.1) is 11.1 Å². The summed E-state index contributed by atoms with van der Waals surface area (Å²) in [6, 6.07) is 5.61. The second-order valence-corrected chi connectivity index (χ2v) is 8.44. The van der Waals surface area contributed by atoms with E-state index in [0.717, 1.165) is 42.4 Å². The van der Waals surface area contributed by atoms with Crippen molar-refractivity contribution in [1.82, 2.24) is 15.1 Å². The molecule has 1 fully saturated rings. The zero-order valence-electron chi connectivity index (χ0n) is 14.6. The van der Waals surface area contributed by atoms with Crippen LogP contribution in [0.15, 0.2) is 24.4 Å². The molecule has 1 atom stereocenters. The van der Waals surface area contributed by atoms with E-state index in [1.807, 2.05) is 19.2 Å². The molecule has 0 spiro atoms. The Balaban J connectivity index is 1.52. The Bertz CT molecular complexity index is 1000. The molecular formula is C20H20FN3OS. The van der Waals surface area contributed by atoms with Gasteiger partial charge in [-0.05, 0) is 62.3 Å². The third kappa shape index (κ3) is 2.47. The molecule has 1 amide bonds. The van der Waals surface area contributed by atoms with Gasteiger partial charge in [0, 0.05) is 27.9 Å². The number of carbonyl (C=O) groups excluding carboxylic acids is 1. The van der Waals surface area contributed by atoms with Crippen LogP contribution in [0.4, 0.5) is 4.39 Å². The number of nitrogens with one attached hydrogen (secondary N) is 1. The molecule has 26 heavy (non-hydrogen) atoms. The number of hydrogen-bond acceptors (Lipinski definition) is 3. The Labute approximate surface area is 155 Å². The standard InChI is InChI=1S/C20H20FN3OS/c1-11-18-15(21)3-2-4-17(18)26-19(11)20(25)24(13-5-6-13)14-7-8-16-12(9-14)10-22-23-16/h2-4,10,13-14H,5-9H2,1H3,(H,22,23). The summed E-state index contributed by atoms with van der Waals surface area (Å²) in [7, 11) is 0. The molecule has 1 unspecified atom stereocenters. The molecule has 4 nitrogen and oxygen atoms in total. The van der Waals surface area contributed by atoms with Crippen LogP contribution in [0.25, 0.3) is 10.1 Å². The first-order valence-electron chi connectivity index (χ1n) is 9.15. The van der Waals surface area contributed by atoms with Crippen LogP contribution in [-0.4, -0.2) is 33.1 Å². The molecule has 1 saturated carbocycles. The maximum Gasteiger partial charge on any atom is 0.264 e. The minimum Gasteiger partial charge on any atom is -0.332 e. The highest BCUT2D eigenvalue weighted by Crippen LogP contribution is 2.38. The number of rotatable bonds is 3. The minimum absolute atomic E-state index is 0.0718. The van der Waals surface area contributed by atoms with Crippen LogP contribution in [0.1, 0.15) is 45.8 Å². The van der Waals surface area contributed by atoms with Crippen LogP contribution >= 0.6 is 11.3 Å². The number of halogens is 1. The number of fused-ring (bicyclic) bond motifs is 2. The van der Waals surface area contributed by atoms with Crippen LogP contribution < -0.4 is 0 Å². The number of benzene rings is 1. The van der Waals surface area contributed by atoms with E-state index in [1.165, 1.54) is 28.7 Å². The second-order valence-electron chi connectivity index (χ2n) is 7.38. The summed E-state index contributed by atoms with van der Waals surface area (Å²) in [5.74, 6) is -0.170. The normalized spacial score (nSPS) is 19.5. The molecule has 2 aliphatic carbocycles. The molecule has 0 aliphatic heterocycles. The largest absolute Gasteiger partial charge is 0.332 e. The van der Waals surface area contributed by atoms with Gasteiger partial charge < -0.3 is 4.90 Å². The third-order valence-corrected chi connectivity index (χ3v) is 6.90. The molecule has 6 heteroatoms. The third-order valence-electron chi connectivity index (χ3n) is 5.66. The Kier molecular flexibility index (Phi) is 3.64. The van der Waals surface area contributed by atoms with Crippen molar-refractivity contribution in [3.05, 3.63) is 51.9 Å². The minimum atomic E-state index is -0.242. The summed E-state index contributed by atoms with van der Waals surface area (Å²) in [5, 5.41) is 7.80. The van der Waals surface area contributed by atoms with E-state index in [-0.39, 0.29) is 17.8 Å². The summed E-state index contributed by atoms with van der Waals surface area (Å²) in [6.07, 6.45) is 6.76. The van der Waals surface area contributed by atoms with Gasteiger partial charge in [-0.25, -0.2) is 4.39 Å². The molecule has 1 N–H and O–H groups in total. The van der Waals surface area contributed by atoms with Crippen molar-refractivity contribution >= 4 is 27.3 Å². The number of H-pyrrole nitrogens is 1. The van der Waals surface area contributed by atoms with Crippen molar-refractivity contribution in [1.29, 1.82) is 0 Å². The molecular weight excluding hydrogens is 349 g/mol. The number of hydrogen-bond donors (Lipinski definition) is 1. The van der Waals surface area contributed by atoms with Crippen LogP contribution in [0.2, 0.25) is 0 Å². The average molecular weight is 369 g/mol. The highest BCUT2D eigenvalue weighted by molar-refractivity contribution is 7.21. The fraction of sp³-hybridized carbons (Fsp3) is 0.400. The van der Waals surface area contributed by atoms with Crippen molar-refractivity contribution in [2.24, 2.45) is 0 Å². The highest BCUT2D eigenvalue weighted by Gasteiger charge is 2.40. The maximum atomic E-state index is 14.3. The lowest BCUT2D eigenvalue weighted by Crippen LogP contribution is -2.44. The van der Waals surface area contributed by atoms with Crippen molar-refractivity contribution in [3.8, 4) is 0 Å². The lowest BCUT2D eigenvalue weighted by molar-refractivity contribution is 0.0647. The summed E-state index contributed by atoms with van der Waals surface area (Å²) >= 11 is 1.42. The number of aromatic nitrogens is 2. The Morgan fingerprint density at radius 2 is 2.15 bits per heavy atom. The van der Waals surface area contributed by atoms with Gasteiger partial charge in [0.1, 0.15) is 5.82 Å². The van der Waals surface area contributed by atoms with Gasteiger partial charge in [0.2, 0.25) is 0 Å². The van der Waals surface area contributed by atoms with E-state index in [0.29, 0.717) is 16.3 Å². The number of amides is 1. The zero-order valence-corrected chi connectivity index (χ0v) is 15.4. The van der Waals surface area contributed by atoms with Gasteiger partial charge in [-0.1, -0.05) is 6.07 Å². The van der Waals surface area contributed by atoms with Gasteiger partial charge in [-0.3, -0.25) is 9.89 Å². The first kappa shape index (κ1) is 16.0. The van der Waals surface area contributed by atoms with Crippen LogP contribution in [0.5, 0.6) is 0 Å². The van der Waals surface area contributed by atoms with Gasteiger partial charge in [-0.15, -0.1) is 11.3 Å². The average Bonchev–Trinajstić information content (AvgIpc) is 3.23. The van der Waals surface area contributed by atoms with Gasteiger partial charge in [0.15, 0.2) is 0 Å². The van der Waals surface area contributed by atoms with Crippen molar-refractivity contribution in [3.63, 3.8) is 0 Å². The first-order valence-corrected chi connectivity index (χ1v) is 9.96. The summed E-state index contributed by atoms with van der Waals surface area (Å²) in [6.45, 7) is 1.87. The fourth-order valence-corrected chi connectivity index (χ4v) is 5.36. The molecule has 2 heterocycles. The van der Waals surface area contributed by atoms with Crippen molar-refractivity contribution in [2.45, 2.75) is 51.1 Å². The van der Waals surface area contributed by atoms with Gasteiger partial charge in [-0.2, -0.15) is 5.10 Å². The van der Waals surface area contributed by atoms with Crippen molar-refractivity contribution < 1.29 is 9.18 Å². The monoisotopic (exact) mass is 369 g/mol. The topological polar surface area (TPSA) is 49.0 Å². The quantitative estimate of drug-likeness (QED) is 0.751. The highest BCUT2D eigenvalue weighted by atomic mass is 32.1. The summed E-state index contributed by atoms with van der Waals surface area (Å²) in [5.41, 5.74) is 3.20. The number of carbonyl (C=O) groups is 1. The van der Waals surface area contributed by atoms with E-state index in [4.69, 9.17) is 0 Å². The van der Waals surface area contributed by atoms with E-state index in [2.05, 4.69) is 15.1 Å². The van der Waals surface area contributed by atoms with E-state index < -0.39 is 0 Å². The lowest BCUT2D eigenvalue weighted by Gasteiger charge is -2.34. The smallest absolute Gasteiger partial charge is 0.264 e. The number of aromatic amines is 1. The van der Waals surface area contributed by atoms with Crippen LogP contribution in [0, 0.1) is 12.7 Å². The Morgan fingerprint density at radius 3 is 2.92 bits per heavy atom. The molecule has 2 aromatic heterocycles. The van der Waals surface area contributed by atoms with E-state index in [9.17, 15) is 9.18 Å². The molecule has 134 valence electrons.